The number of carboxylic acids is 1. The van der Waals surface area contributed by atoms with Gasteiger partial charge in [0.2, 0.25) is 0 Å². The number of alkyl halides is 3. The zero-order chi connectivity index (χ0) is 30.0. The Hall–Kier alpha value is -3.16. The summed E-state index contributed by atoms with van der Waals surface area (Å²) in [4.78, 5) is 32.2. The number of aryl methyl sites for hydroxylation is 1. The molecule has 1 aromatic carbocycles. The summed E-state index contributed by atoms with van der Waals surface area (Å²) in [5, 5.41) is 9.64. The first kappa shape index (κ1) is 30.3. The Kier molecular flexibility index (Phi) is 9.09. The van der Waals surface area contributed by atoms with Crippen LogP contribution in [0.1, 0.15) is 53.2 Å². The Balaban J connectivity index is 1.40. The van der Waals surface area contributed by atoms with Crippen LogP contribution in [-0.2, 0) is 23.9 Å². The second kappa shape index (κ2) is 12.6. The van der Waals surface area contributed by atoms with Gasteiger partial charge in [-0.15, -0.1) is 11.3 Å². The van der Waals surface area contributed by atoms with Crippen molar-refractivity contribution < 1.29 is 27.5 Å². The van der Waals surface area contributed by atoms with Crippen molar-refractivity contribution in [2.45, 2.75) is 58.3 Å². The van der Waals surface area contributed by atoms with Crippen LogP contribution in [0.3, 0.4) is 0 Å². The average Bonchev–Trinajstić information content (AvgIpc) is 3.52. The molecule has 2 aromatic heterocycles. The lowest BCUT2D eigenvalue weighted by molar-refractivity contribution is -0.138. The molecule has 3 aromatic rings. The smallest absolute Gasteiger partial charge is 0.416 e. The predicted molar refractivity (Wildman–Crippen MR) is 152 cm³/mol. The number of piperazine rings is 1. The van der Waals surface area contributed by atoms with E-state index in [2.05, 4.69) is 31.6 Å². The van der Waals surface area contributed by atoms with Crippen LogP contribution in [0.4, 0.5) is 23.4 Å². The Labute approximate surface area is 246 Å². The fraction of sp³-hybridized carbons (Fsp3) is 0.517. The van der Waals surface area contributed by atoms with E-state index in [0.29, 0.717) is 61.2 Å². The van der Waals surface area contributed by atoms with E-state index in [1.54, 1.807) is 0 Å². The van der Waals surface area contributed by atoms with Gasteiger partial charge in [-0.1, -0.05) is 0 Å². The lowest BCUT2D eigenvalue weighted by Crippen LogP contribution is -2.47. The summed E-state index contributed by atoms with van der Waals surface area (Å²) in [5.74, 6) is -0.388. The van der Waals surface area contributed by atoms with Crippen LogP contribution >= 0.6 is 11.3 Å². The monoisotopic (exact) mass is 606 g/mol. The molecular weight excluding hydrogens is 572 g/mol. The highest BCUT2D eigenvalue weighted by atomic mass is 32.1. The third-order valence-electron chi connectivity index (χ3n) is 7.83. The number of halogens is 4. The number of aromatic nitrogens is 3. The van der Waals surface area contributed by atoms with Crippen molar-refractivity contribution in [3.8, 4) is 11.3 Å². The predicted octanol–water partition coefficient (Wildman–Crippen LogP) is 5.24. The summed E-state index contributed by atoms with van der Waals surface area (Å²) in [6.07, 6.45) is -2.09. The van der Waals surface area contributed by atoms with Crippen molar-refractivity contribution in [1.82, 2.24) is 24.8 Å². The molecule has 42 heavy (non-hydrogen) atoms. The average molecular weight is 607 g/mol. The van der Waals surface area contributed by atoms with Crippen LogP contribution in [-0.4, -0.2) is 81.1 Å². The number of thiazole rings is 1. The molecule has 1 atom stereocenters. The van der Waals surface area contributed by atoms with Crippen LogP contribution in [0.25, 0.3) is 11.3 Å². The molecule has 8 nitrogen and oxygen atoms in total. The number of anilines is 1. The Morgan fingerprint density at radius 3 is 2.50 bits per heavy atom. The molecule has 4 heterocycles. The molecule has 2 saturated heterocycles. The normalized spacial score (nSPS) is 18.6. The summed E-state index contributed by atoms with van der Waals surface area (Å²) in [7, 11) is 0. The van der Waals surface area contributed by atoms with Gasteiger partial charge in [0.25, 0.3) is 0 Å². The molecule has 2 fully saturated rings. The Morgan fingerprint density at radius 1 is 1.07 bits per heavy atom. The fourth-order valence-corrected chi connectivity index (χ4v) is 6.72. The molecule has 0 spiro atoms. The second-order valence-corrected chi connectivity index (χ2v) is 12.1. The van der Waals surface area contributed by atoms with Gasteiger partial charge >= 0.3 is 12.1 Å². The summed E-state index contributed by atoms with van der Waals surface area (Å²) < 4.78 is 54.9. The molecule has 0 bridgehead atoms. The van der Waals surface area contributed by atoms with Crippen molar-refractivity contribution in [2.24, 2.45) is 0 Å². The molecule has 0 saturated carbocycles. The lowest BCUT2D eigenvalue weighted by Gasteiger charge is -2.35. The highest BCUT2D eigenvalue weighted by molar-refractivity contribution is 7.12. The van der Waals surface area contributed by atoms with Gasteiger partial charge in [-0.05, 0) is 51.4 Å². The SMILES string of the molecule is Cc1nc(Cc2nc(-c3cc(F)cc(C(F)(F)F)c3)c(CN3CCC[C@H]3C)s2)cc(N2CCN(CCC(=O)O)CC2)n1. The number of carbonyl (C=O) groups is 1. The highest BCUT2D eigenvalue weighted by Gasteiger charge is 2.32. The minimum Gasteiger partial charge on any atom is -0.481 e. The second-order valence-electron chi connectivity index (χ2n) is 11.0. The van der Waals surface area contributed by atoms with Gasteiger partial charge in [0.05, 0.1) is 28.4 Å². The van der Waals surface area contributed by atoms with E-state index in [-0.39, 0.29) is 12.0 Å². The first-order valence-electron chi connectivity index (χ1n) is 14.1. The molecular formula is C29H34F4N6O2S. The molecule has 13 heteroatoms. The minimum absolute atomic E-state index is 0.109. The molecule has 5 rings (SSSR count). The Morgan fingerprint density at radius 2 is 1.83 bits per heavy atom. The highest BCUT2D eigenvalue weighted by Crippen LogP contribution is 2.37. The van der Waals surface area contributed by atoms with E-state index >= 15 is 0 Å². The maximum atomic E-state index is 14.4. The zero-order valence-electron chi connectivity index (χ0n) is 23.6. The number of hydrogen-bond donors (Lipinski definition) is 1. The largest absolute Gasteiger partial charge is 0.481 e. The number of likely N-dealkylation sites (tertiary alicyclic amines) is 1. The maximum Gasteiger partial charge on any atom is 0.416 e. The number of carboxylic acid groups (broad SMARTS) is 1. The van der Waals surface area contributed by atoms with E-state index in [9.17, 15) is 22.4 Å². The molecule has 226 valence electrons. The van der Waals surface area contributed by atoms with Crippen molar-refractivity contribution in [1.29, 1.82) is 0 Å². The van der Waals surface area contributed by atoms with Gasteiger partial charge in [-0.3, -0.25) is 14.6 Å². The van der Waals surface area contributed by atoms with Crippen molar-refractivity contribution >= 4 is 23.1 Å². The van der Waals surface area contributed by atoms with Gasteiger partial charge in [0.15, 0.2) is 0 Å². The van der Waals surface area contributed by atoms with Gasteiger partial charge < -0.3 is 10.0 Å². The number of rotatable bonds is 9. The molecule has 2 aliphatic rings. The number of aliphatic carboxylic acids is 1. The molecule has 0 unspecified atom stereocenters. The molecule has 1 N–H and O–H groups in total. The minimum atomic E-state index is -4.67. The van der Waals surface area contributed by atoms with E-state index in [0.717, 1.165) is 61.0 Å². The topological polar surface area (TPSA) is 85.7 Å². The van der Waals surface area contributed by atoms with Crippen molar-refractivity contribution in [3.05, 3.63) is 57.0 Å². The standard InChI is InChI=1S/C29H34F4N6O2S/c1-18-4-3-6-39(18)17-24-28(20-12-21(29(31,32)33)14-22(30)13-20)36-26(42-24)16-23-15-25(35-19(2)34-23)38-10-8-37(9-11-38)7-5-27(40)41/h12-15,18H,3-11,16-17H2,1-2H3,(H,40,41)/t18-/m1/s1. The van der Waals surface area contributed by atoms with Crippen molar-refractivity contribution in [2.75, 3.05) is 44.2 Å². The first-order valence-corrected chi connectivity index (χ1v) is 14.9. The van der Waals surface area contributed by atoms with Crippen molar-refractivity contribution in [3.63, 3.8) is 0 Å². The van der Waals surface area contributed by atoms with Crippen LogP contribution in [0.2, 0.25) is 0 Å². The van der Waals surface area contributed by atoms with E-state index in [1.807, 2.05) is 13.0 Å². The molecule has 0 radical (unpaired) electrons. The quantitative estimate of drug-likeness (QED) is 0.331. The molecule has 0 aliphatic carbocycles. The third-order valence-corrected chi connectivity index (χ3v) is 8.87. The lowest BCUT2D eigenvalue weighted by atomic mass is 10.1. The van der Waals surface area contributed by atoms with E-state index < -0.39 is 23.5 Å². The van der Waals surface area contributed by atoms with Crippen LogP contribution < -0.4 is 4.90 Å². The van der Waals surface area contributed by atoms with Crippen LogP contribution in [0.15, 0.2) is 24.3 Å². The van der Waals surface area contributed by atoms with E-state index in [4.69, 9.17) is 10.1 Å². The fourth-order valence-electron chi connectivity index (χ4n) is 5.58. The first-order chi connectivity index (χ1) is 19.9. The summed E-state index contributed by atoms with van der Waals surface area (Å²) in [6.45, 7) is 8.75. The molecule has 2 aliphatic heterocycles. The van der Waals surface area contributed by atoms with Crippen LogP contribution in [0, 0.1) is 12.7 Å². The van der Waals surface area contributed by atoms with E-state index in [1.165, 1.54) is 11.3 Å². The third kappa shape index (κ3) is 7.42. The Bertz CT molecular complexity index is 1420. The van der Waals surface area contributed by atoms with Gasteiger partial charge in [-0.25, -0.2) is 19.3 Å². The number of nitrogens with zero attached hydrogens (tertiary/aromatic N) is 6. The molecule has 0 amide bonds. The number of benzene rings is 1. The van der Waals surface area contributed by atoms with Gasteiger partial charge in [-0.2, -0.15) is 13.2 Å². The summed E-state index contributed by atoms with van der Waals surface area (Å²) >= 11 is 1.43. The summed E-state index contributed by atoms with van der Waals surface area (Å²) in [5.41, 5.74) is 0.198. The number of hydrogen-bond acceptors (Lipinski definition) is 8. The zero-order valence-corrected chi connectivity index (χ0v) is 24.4. The van der Waals surface area contributed by atoms with Gasteiger partial charge in [0, 0.05) is 68.2 Å². The maximum absolute atomic E-state index is 14.4. The van der Waals surface area contributed by atoms with Crippen LogP contribution in [0.5, 0.6) is 0 Å². The van der Waals surface area contributed by atoms with Gasteiger partial charge in [0.1, 0.15) is 17.5 Å². The summed E-state index contributed by atoms with van der Waals surface area (Å²) in [6, 6.07) is 4.86.